The summed E-state index contributed by atoms with van der Waals surface area (Å²) in [6, 6.07) is 14.5. The van der Waals surface area contributed by atoms with Gasteiger partial charge in [0.1, 0.15) is 0 Å². The summed E-state index contributed by atoms with van der Waals surface area (Å²) in [6.45, 7) is 1.71. The zero-order valence-corrected chi connectivity index (χ0v) is 10.4. The molecule has 0 unspecified atom stereocenters. The summed E-state index contributed by atoms with van der Waals surface area (Å²) in [4.78, 5) is 10.4. The lowest BCUT2D eigenvalue weighted by Crippen LogP contribution is -1.95. The van der Waals surface area contributed by atoms with Crippen molar-refractivity contribution in [1.82, 2.24) is 0 Å². The first-order valence-electron chi connectivity index (χ1n) is 5.76. The van der Waals surface area contributed by atoms with Gasteiger partial charge in [0, 0.05) is 17.2 Å². The van der Waals surface area contributed by atoms with E-state index in [9.17, 15) is 10.1 Å². The first kappa shape index (κ1) is 12.8. The van der Waals surface area contributed by atoms with E-state index in [0.29, 0.717) is 11.1 Å². The van der Waals surface area contributed by atoms with Crippen molar-refractivity contribution in [2.24, 2.45) is 5.10 Å². The number of para-hydroxylation sites is 1. The maximum Gasteiger partial charge on any atom is 0.272 e. The molecule has 0 saturated heterocycles. The Morgan fingerprint density at radius 1 is 1.21 bits per heavy atom. The third kappa shape index (κ3) is 3.38. The largest absolute Gasteiger partial charge is 0.279 e. The molecular weight excluding hydrogens is 242 g/mol. The first-order chi connectivity index (χ1) is 9.16. The molecule has 0 aliphatic rings. The third-order valence-electron chi connectivity index (χ3n) is 2.61. The fraction of sp³-hybridized carbons (Fsp3) is 0.0714. The maximum absolute atomic E-state index is 10.8. The molecule has 19 heavy (non-hydrogen) atoms. The number of hydrazone groups is 1. The van der Waals surface area contributed by atoms with Crippen LogP contribution in [-0.4, -0.2) is 11.1 Å². The van der Waals surface area contributed by atoms with Crippen LogP contribution in [-0.2, 0) is 0 Å². The molecule has 96 valence electrons. The molecule has 0 amide bonds. The molecule has 0 heterocycles. The Morgan fingerprint density at radius 2 is 1.95 bits per heavy atom. The topological polar surface area (TPSA) is 67.5 Å². The molecule has 0 spiro atoms. The van der Waals surface area contributed by atoms with Gasteiger partial charge in [-0.25, -0.2) is 0 Å². The predicted molar refractivity (Wildman–Crippen MR) is 75.5 cm³/mol. The smallest absolute Gasteiger partial charge is 0.272 e. The number of nitrogens with zero attached hydrogens (tertiary/aromatic N) is 2. The van der Waals surface area contributed by atoms with Crippen LogP contribution in [0.25, 0.3) is 0 Å². The Bertz CT molecular complexity index is 609. The van der Waals surface area contributed by atoms with Crippen LogP contribution in [0.4, 0.5) is 11.4 Å². The third-order valence-corrected chi connectivity index (χ3v) is 2.61. The molecule has 5 nitrogen and oxygen atoms in total. The number of aryl methyl sites for hydroxylation is 1. The summed E-state index contributed by atoms with van der Waals surface area (Å²) in [6.07, 6.45) is 1.56. The van der Waals surface area contributed by atoms with E-state index < -0.39 is 4.92 Å². The van der Waals surface area contributed by atoms with Crippen molar-refractivity contribution < 1.29 is 4.92 Å². The number of hydrogen-bond donors (Lipinski definition) is 1. The number of rotatable bonds is 4. The number of nitrogens with one attached hydrogen (secondary N) is 1. The Hall–Kier alpha value is -2.69. The van der Waals surface area contributed by atoms with Gasteiger partial charge in [0.2, 0.25) is 0 Å². The first-order valence-corrected chi connectivity index (χ1v) is 5.76. The quantitative estimate of drug-likeness (QED) is 0.517. The summed E-state index contributed by atoms with van der Waals surface area (Å²) in [7, 11) is 0. The molecule has 0 radical (unpaired) electrons. The van der Waals surface area contributed by atoms with Crippen LogP contribution in [0.2, 0.25) is 0 Å². The van der Waals surface area contributed by atoms with Gasteiger partial charge in [-0.15, -0.1) is 0 Å². The Balaban J connectivity index is 2.11. The lowest BCUT2D eigenvalue weighted by atomic mass is 10.1. The number of anilines is 1. The van der Waals surface area contributed by atoms with E-state index in [2.05, 4.69) is 10.5 Å². The van der Waals surface area contributed by atoms with Crippen molar-refractivity contribution in [3.05, 3.63) is 69.8 Å². The normalized spacial score (nSPS) is 10.6. The second kappa shape index (κ2) is 5.77. The maximum atomic E-state index is 10.8. The van der Waals surface area contributed by atoms with Gasteiger partial charge in [-0.3, -0.25) is 15.5 Å². The van der Waals surface area contributed by atoms with E-state index >= 15 is 0 Å². The summed E-state index contributed by atoms with van der Waals surface area (Å²) in [5.74, 6) is 0. The molecule has 2 aromatic rings. The van der Waals surface area contributed by atoms with Crippen molar-refractivity contribution >= 4 is 17.6 Å². The van der Waals surface area contributed by atoms with Crippen LogP contribution in [0.1, 0.15) is 11.1 Å². The van der Waals surface area contributed by atoms with Crippen LogP contribution in [0.3, 0.4) is 0 Å². The van der Waals surface area contributed by atoms with E-state index in [1.165, 1.54) is 6.07 Å². The standard InChI is InChI=1S/C14H13N3O2/c1-11-7-8-12(9-14(11)17(18)19)10-15-16-13-5-3-2-4-6-13/h2-10,16H,1H3. The second-order valence-corrected chi connectivity index (χ2v) is 4.04. The van der Waals surface area contributed by atoms with Crippen molar-refractivity contribution in [2.75, 3.05) is 5.43 Å². The SMILES string of the molecule is Cc1ccc(C=NNc2ccccc2)cc1[N+](=O)[O-]. The zero-order valence-electron chi connectivity index (χ0n) is 10.4. The molecule has 0 aliphatic heterocycles. The van der Waals surface area contributed by atoms with E-state index in [-0.39, 0.29) is 5.69 Å². The number of hydrogen-bond acceptors (Lipinski definition) is 4. The predicted octanol–water partition coefficient (Wildman–Crippen LogP) is 3.35. The van der Waals surface area contributed by atoms with Gasteiger partial charge < -0.3 is 0 Å². The average Bonchev–Trinajstić information content (AvgIpc) is 2.41. The summed E-state index contributed by atoms with van der Waals surface area (Å²) >= 11 is 0. The molecule has 1 N–H and O–H groups in total. The van der Waals surface area contributed by atoms with Crippen molar-refractivity contribution in [3.8, 4) is 0 Å². The van der Waals surface area contributed by atoms with Crippen LogP contribution in [0.15, 0.2) is 53.6 Å². The molecule has 0 saturated carbocycles. The van der Waals surface area contributed by atoms with E-state index in [1.807, 2.05) is 30.3 Å². The van der Waals surface area contributed by atoms with Gasteiger partial charge in [0.25, 0.3) is 5.69 Å². The molecule has 5 heteroatoms. The van der Waals surface area contributed by atoms with Crippen LogP contribution < -0.4 is 5.43 Å². The van der Waals surface area contributed by atoms with Crippen molar-refractivity contribution in [2.45, 2.75) is 6.92 Å². The zero-order chi connectivity index (χ0) is 13.7. The number of nitro groups is 1. The van der Waals surface area contributed by atoms with Gasteiger partial charge in [-0.2, -0.15) is 5.10 Å². The van der Waals surface area contributed by atoms with Crippen LogP contribution in [0.5, 0.6) is 0 Å². The van der Waals surface area contributed by atoms with E-state index in [1.54, 1.807) is 25.3 Å². The molecule has 0 bridgehead atoms. The van der Waals surface area contributed by atoms with Crippen molar-refractivity contribution in [3.63, 3.8) is 0 Å². The fourth-order valence-corrected chi connectivity index (χ4v) is 1.60. The average molecular weight is 255 g/mol. The molecule has 0 aliphatic carbocycles. The fourth-order valence-electron chi connectivity index (χ4n) is 1.60. The number of nitro benzene ring substituents is 1. The Morgan fingerprint density at radius 3 is 2.63 bits per heavy atom. The van der Waals surface area contributed by atoms with Crippen LogP contribution >= 0.6 is 0 Å². The van der Waals surface area contributed by atoms with Crippen LogP contribution in [0, 0.1) is 17.0 Å². The molecule has 0 aromatic heterocycles. The molecule has 0 atom stereocenters. The molecule has 0 fully saturated rings. The Kier molecular flexibility index (Phi) is 3.87. The van der Waals surface area contributed by atoms with Gasteiger partial charge >= 0.3 is 0 Å². The highest BCUT2D eigenvalue weighted by atomic mass is 16.6. The van der Waals surface area contributed by atoms with E-state index in [4.69, 9.17) is 0 Å². The minimum Gasteiger partial charge on any atom is -0.279 e. The minimum atomic E-state index is -0.392. The van der Waals surface area contributed by atoms with Gasteiger partial charge in [0.05, 0.1) is 16.8 Å². The second-order valence-electron chi connectivity index (χ2n) is 4.04. The van der Waals surface area contributed by atoms with Gasteiger partial charge in [-0.1, -0.05) is 30.3 Å². The van der Waals surface area contributed by atoms with E-state index in [0.717, 1.165) is 5.69 Å². The van der Waals surface area contributed by atoms with Gasteiger partial charge in [0.15, 0.2) is 0 Å². The highest BCUT2D eigenvalue weighted by Gasteiger charge is 2.09. The monoisotopic (exact) mass is 255 g/mol. The summed E-state index contributed by atoms with van der Waals surface area (Å²) in [5.41, 5.74) is 5.14. The molecule has 2 aromatic carbocycles. The van der Waals surface area contributed by atoms with Gasteiger partial charge in [-0.05, 0) is 19.1 Å². The summed E-state index contributed by atoms with van der Waals surface area (Å²) in [5, 5.41) is 14.9. The Labute approximate surface area is 110 Å². The highest BCUT2D eigenvalue weighted by molar-refractivity contribution is 5.81. The lowest BCUT2D eigenvalue weighted by Gasteiger charge is -2.00. The molecule has 2 rings (SSSR count). The van der Waals surface area contributed by atoms with Crippen molar-refractivity contribution in [1.29, 1.82) is 0 Å². The highest BCUT2D eigenvalue weighted by Crippen LogP contribution is 2.18. The molecular formula is C14H13N3O2. The lowest BCUT2D eigenvalue weighted by molar-refractivity contribution is -0.385. The minimum absolute atomic E-state index is 0.101. The number of benzene rings is 2. The summed E-state index contributed by atoms with van der Waals surface area (Å²) < 4.78 is 0.